The lowest BCUT2D eigenvalue weighted by Gasteiger charge is -2.21. The summed E-state index contributed by atoms with van der Waals surface area (Å²) in [5, 5.41) is 4.39. The standard InChI is InChI=1S/C15H18ClN3O/c1-11(2)19-15(20)14(16)13(9-17-19)18(3)10-12-7-5-4-6-8-12/h4-9,11H,10H2,1-3H3. The predicted molar refractivity (Wildman–Crippen MR) is 82.4 cm³/mol. The molecule has 2 rings (SSSR count). The number of anilines is 1. The van der Waals surface area contributed by atoms with Gasteiger partial charge in [-0.05, 0) is 19.4 Å². The lowest BCUT2D eigenvalue weighted by atomic mass is 10.2. The van der Waals surface area contributed by atoms with Crippen LogP contribution in [-0.2, 0) is 6.54 Å². The summed E-state index contributed by atoms with van der Waals surface area (Å²) >= 11 is 6.19. The normalized spacial score (nSPS) is 10.8. The molecule has 1 aromatic heterocycles. The Balaban J connectivity index is 2.29. The number of hydrogen-bond acceptors (Lipinski definition) is 3. The summed E-state index contributed by atoms with van der Waals surface area (Å²) in [6, 6.07) is 10.0. The van der Waals surface area contributed by atoms with Gasteiger partial charge in [0.15, 0.2) is 0 Å². The molecule has 0 atom stereocenters. The van der Waals surface area contributed by atoms with E-state index in [1.54, 1.807) is 6.20 Å². The number of hydrogen-bond donors (Lipinski definition) is 0. The van der Waals surface area contributed by atoms with Crippen LogP contribution in [0, 0.1) is 0 Å². The smallest absolute Gasteiger partial charge is 0.287 e. The summed E-state index contributed by atoms with van der Waals surface area (Å²) in [6.45, 7) is 4.48. The first-order valence-corrected chi connectivity index (χ1v) is 6.91. The Bertz CT molecular complexity index is 637. The van der Waals surface area contributed by atoms with E-state index in [0.717, 1.165) is 5.56 Å². The largest absolute Gasteiger partial charge is 0.368 e. The molecule has 0 bridgehead atoms. The second-order valence-electron chi connectivity index (χ2n) is 5.03. The Kier molecular flexibility index (Phi) is 4.45. The van der Waals surface area contributed by atoms with E-state index in [1.807, 2.05) is 56.1 Å². The molecule has 0 aliphatic carbocycles. The summed E-state index contributed by atoms with van der Waals surface area (Å²) in [5.74, 6) is 0. The van der Waals surface area contributed by atoms with Crippen molar-refractivity contribution in [3.05, 3.63) is 57.5 Å². The average molecular weight is 292 g/mol. The molecular weight excluding hydrogens is 274 g/mol. The molecule has 1 heterocycles. The van der Waals surface area contributed by atoms with E-state index < -0.39 is 0 Å². The van der Waals surface area contributed by atoms with Crippen LogP contribution in [0.15, 0.2) is 41.3 Å². The molecule has 0 saturated carbocycles. The van der Waals surface area contributed by atoms with Crippen molar-refractivity contribution in [2.45, 2.75) is 26.4 Å². The van der Waals surface area contributed by atoms with Crippen molar-refractivity contribution in [3.8, 4) is 0 Å². The minimum atomic E-state index is -0.251. The number of rotatable bonds is 4. The molecule has 0 aliphatic heterocycles. The molecule has 0 fully saturated rings. The summed E-state index contributed by atoms with van der Waals surface area (Å²) in [5.41, 5.74) is 1.55. The van der Waals surface area contributed by atoms with Gasteiger partial charge in [0.2, 0.25) is 0 Å². The molecule has 106 valence electrons. The van der Waals surface area contributed by atoms with Crippen molar-refractivity contribution in [2.24, 2.45) is 0 Å². The van der Waals surface area contributed by atoms with Gasteiger partial charge in [-0.3, -0.25) is 4.79 Å². The maximum Gasteiger partial charge on any atom is 0.287 e. The molecule has 2 aromatic rings. The van der Waals surface area contributed by atoms with Gasteiger partial charge in [0.25, 0.3) is 5.56 Å². The monoisotopic (exact) mass is 291 g/mol. The Morgan fingerprint density at radius 2 is 1.95 bits per heavy atom. The first kappa shape index (κ1) is 14.6. The zero-order chi connectivity index (χ0) is 14.7. The number of aromatic nitrogens is 2. The zero-order valence-corrected chi connectivity index (χ0v) is 12.6. The van der Waals surface area contributed by atoms with E-state index in [0.29, 0.717) is 12.2 Å². The molecule has 0 spiro atoms. The molecule has 0 saturated heterocycles. The van der Waals surface area contributed by atoms with Crippen LogP contribution in [0.2, 0.25) is 5.02 Å². The number of nitrogens with zero attached hydrogens (tertiary/aromatic N) is 3. The Morgan fingerprint density at radius 3 is 2.55 bits per heavy atom. The minimum absolute atomic E-state index is 0.00604. The van der Waals surface area contributed by atoms with Gasteiger partial charge in [-0.15, -0.1) is 0 Å². The Labute approximate surface area is 123 Å². The molecule has 0 unspecified atom stereocenters. The van der Waals surface area contributed by atoms with E-state index in [1.165, 1.54) is 4.68 Å². The molecule has 0 radical (unpaired) electrons. The van der Waals surface area contributed by atoms with E-state index in [-0.39, 0.29) is 16.6 Å². The van der Waals surface area contributed by atoms with Gasteiger partial charge in [0.1, 0.15) is 5.02 Å². The Hall–Kier alpha value is -1.81. The highest BCUT2D eigenvalue weighted by molar-refractivity contribution is 6.33. The molecule has 1 aromatic carbocycles. The van der Waals surface area contributed by atoms with Crippen LogP contribution in [0.1, 0.15) is 25.5 Å². The highest BCUT2D eigenvalue weighted by atomic mass is 35.5. The summed E-state index contributed by atoms with van der Waals surface area (Å²) < 4.78 is 1.39. The Morgan fingerprint density at radius 1 is 1.30 bits per heavy atom. The third-order valence-corrected chi connectivity index (χ3v) is 3.44. The molecule has 5 heteroatoms. The maximum absolute atomic E-state index is 12.1. The van der Waals surface area contributed by atoms with Crippen LogP contribution >= 0.6 is 11.6 Å². The SMILES string of the molecule is CC(C)n1ncc(N(C)Cc2ccccc2)c(Cl)c1=O. The topological polar surface area (TPSA) is 38.1 Å². The molecular formula is C15H18ClN3O. The molecule has 20 heavy (non-hydrogen) atoms. The van der Waals surface area contributed by atoms with Crippen molar-refractivity contribution in [1.29, 1.82) is 0 Å². The fraction of sp³-hybridized carbons (Fsp3) is 0.333. The second-order valence-corrected chi connectivity index (χ2v) is 5.41. The fourth-order valence-corrected chi connectivity index (χ4v) is 2.29. The van der Waals surface area contributed by atoms with Crippen molar-refractivity contribution >= 4 is 17.3 Å². The maximum atomic E-state index is 12.1. The highest BCUT2D eigenvalue weighted by Crippen LogP contribution is 2.21. The van der Waals surface area contributed by atoms with Gasteiger partial charge in [0, 0.05) is 13.6 Å². The van der Waals surface area contributed by atoms with Crippen molar-refractivity contribution in [2.75, 3.05) is 11.9 Å². The molecule has 0 N–H and O–H groups in total. The van der Waals surface area contributed by atoms with Gasteiger partial charge in [-0.2, -0.15) is 5.10 Å². The summed E-state index contributed by atoms with van der Waals surface area (Å²) in [4.78, 5) is 14.1. The lowest BCUT2D eigenvalue weighted by Crippen LogP contribution is -2.28. The predicted octanol–water partition coefficient (Wildman–Crippen LogP) is 3.11. The van der Waals surface area contributed by atoms with Gasteiger partial charge in [-0.25, -0.2) is 4.68 Å². The van der Waals surface area contributed by atoms with Crippen LogP contribution in [0.4, 0.5) is 5.69 Å². The number of halogens is 1. The van der Waals surface area contributed by atoms with Gasteiger partial charge < -0.3 is 4.90 Å². The lowest BCUT2D eigenvalue weighted by molar-refractivity contribution is 0.502. The first-order valence-electron chi connectivity index (χ1n) is 6.53. The van der Waals surface area contributed by atoms with Gasteiger partial charge >= 0.3 is 0 Å². The first-order chi connectivity index (χ1) is 9.50. The van der Waals surface area contributed by atoms with Crippen LogP contribution in [-0.4, -0.2) is 16.8 Å². The van der Waals surface area contributed by atoms with Crippen LogP contribution in [0.3, 0.4) is 0 Å². The quantitative estimate of drug-likeness (QED) is 0.869. The van der Waals surface area contributed by atoms with Crippen molar-refractivity contribution < 1.29 is 0 Å². The number of benzene rings is 1. The third kappa shape index (κ3) is 3.02. The average Bonchev–Trinajstić information content (AvgIpc) is 2.42. The second kappa shape index (κ2) is 6.09. The van der Waals surface area contributed by atoms with Gasteiger partial charge in [0.05, 0.1) is 17.9 Å². The van der Waals surface area contributed by atoms with Crippen molar-refractivity contribution in [3.63, 3.8) is 0 Å². The van der Waals surface area contributed by atoms with E-state index in [9.17, 15) is 4.79 Å². The van der Waals surface area contributed by atoms with Gasteiger partial charge in [-0.1, -0.05) is 41.9 Å². The van der Waals surface area contributed by atoms with Crippen LogP contribution in [0.25, 0.3) is 0 Å². The van der Waals surface area contributed by atoms with Crippen LogP contribution in [0.5, 0.6) is 0 Å². The van der Waals surface area contributed by atoms with Crippen molar-refractivity contribution in [1.82, 2.24) is 9.78 Å². The molecule has 0 aliphatic rings. The van der Waals surface area contributed by atoms with E-state index in [2.05, 4.69) is 5.10 Å². The van der Waals surface area contributed by atoms with Crippen LogP contribution < -0.4 is 10.5 Å². The highest BCUT2D eigenvalue weighted by Gasteiger charge is 2.14. The van der Waals surface area contributed by atoms with E-state index >= 15 is 0 Å². The minimum Gasteiger partial charge on any atom is -0.368 e. The molecule has 4 nitrogen and oxygen atoms in total. The summed E-state index contributed by atoms with van der Waals surface area (Å²) in [7, 11) is 1.90. The van der Waals surface area contributed by atoms with E-state index in [4.69, 9.17) is 11.6 Å². The zero-order valence-electron chi connectivity index (χ0n) is 11.9. The molecule has 0 amide bonds. The third-order valence-electron chi connectivity index (χ3n) is 3.09. The summed E-state index contributed by atoms with van der Waals surface area (Å²) in [6.07, 6.45) is 1.65. The fourth-order valence-electron chi connectivity index (χ4n) is 2.01.